The fourth-order valence-corrected chi connectivity index (χ4v) is 7.03. The van der Waals surface area contributed by atoms with Crippen LogP contribution in [0.4, 0.5) is 22.7 Å². The van der Waals surface area contributed by atoms with Gasteiger partial charge in [-0.15, -0.1) is 0 Å². The van der Waals surface area contributed by atoms with Crippen molar-refractivity contribution in [3.05, 3.63) is 113 Å². The lowest BCUT2D eigenvalue weighted by molar-refractivity contribution is 0.371. The monoisotopic (exact) mass is 600 g/mol. The number of nitrogens with two attached hydrogens (primary N) is 2. The molecule has 0 saturated carbocycles. The van der Waals surface area contributed by atoms with Crippen LogP contribution in [0, 0.1) is 22.7 Å². The van der Waals surface area contributed by atoms with E-state index in [2.05, 4.69) is 48.5 Å². The minimum atomic E-state index is -0.799. The molecule has 1 atom stereocenters. The number of fused-ring (bicyclic) bond motifs is 4. The Hall–Kier alpha value is -6.18. The van der Waals surface area contributed by atoms with Gasteiger partial charge in [-0.2, -0.15) is 10.5 Å². The first kappa shape index (κ1) is 28.6. The third-order valence-electron chi connectivity index (χ3n) is 9.15. The highest BCUT2D eigenvalue weighted by Gasteiger charge is 2.43. The minimum absolute atomic E-state index is 0.0236. The summed E-state index contributed by atoms with van der Waals surface area (Å²) in [4.78, 5) is 4.01. The van der Waals surface area contributed by atoms with Gasteiger partial charge in [-0.1, -0.05) is 48.5 Å². The van der Waals surface area contributed by atoms with E-state index in [1.165, 1.54) is 0 Å². The first-order valence-corrected chi connectivity index (χ1v) is 15.0. The first-order valence-electron chi connectivity index (χ1n) is 15.0. The number of aliphatic hydroxyl groups excluding tert-OH is 1. The molecule has 5 N–H and O–H groups in total. The SMILES string of the molecule is CN(C)c1cc(N)c(C2=C(O)C(c3c(N)cc(N(C)C)c4cc5ccccc5cc34)C2=C(C#N)C#N)c2cc3ccccc3cc12. The molecule has 0 amide bonds. The van der Waals surface area contributed by atoms with Gasteiger partial charge >= 0.3 is 0 Å². The third-order valence-corrected chi connectivity index (χ3v) is 9.15. The van der Waals surface area contributed by atoms with Gasteiger partial charge in [0.1, 0.15) is 23.5 Å². The Balaban J connectivity index is 1.59. The number of rotatable bonds is 4. The second-order valence-corrected chi connectivity index (χ2v) is 12.2. The minimum Gasteiger partial charge on any atom is -0.511 e. The third kappa shape index (κ3) is 4.10. The Morgan fingerprint density at radius 3 is 1.57 bits per heavy atom. The molecule has 0 aliphatic heterocycles. The molecule has 0 bridgehead atoms. The molecule has 7 nitrogen and oxygen atoms in total. The molecular formula is C39H32N6O. The Bertz CT molecular complexity index is 2420. The lowest BCUT2D eigenvalue weighted by Gasteiger charge is -2.37. The zero-order valence-electron chi connectivity index (χ0n) is 26.1. The normalized spacial score (nSPS) is 14.4. The van der Waals surface area contributed by atoms with E-state index in [4.69, 9.17) is 11.5 Å². The Morgan fingerprint density at radius 2 is 1.09 bits per heavy atom. The summed E-state index contributed by atoms with van der Waals surface area (Å²) in [6.45, 7) is 0. The zero-order valence-corrected chi connectivity index (χ0v) is 26.1. The maximum atomic E-state index is 12.1. The van der Waals surface area contributed by atoms with E-state index < -0.39 is 5.92 Å². The number of nitrogens with zero attached hydrogens (tertiary/aromatic N) is 4. The van der Waals surface area contributed by atoms with Crippen LogP contribution in [0.25, 0.3) is 48.7 Å². The van der Waals surface area contributed by atoms with Crippen molar-refractivity contribution in [2.24, 2.45) is 0 Å². The van der Waals surface area contributed by atoms with E-state index in [0.717, 1.165) is 54.5 Å². The second kappa shape index (κ2) is 10.5. The van der Waals surface area contributed by atoms with Gasteiger partial charge < -0.3 is 26.4 Å². The van der Waals surface area contributed by atoms with E-state index in [1.807, 2.05) is 86.5 Å². The molecule has 6 aromatic rings. The maximum Gasteiger partial charge on any atom is 0.134 e. The van der Waals surface area contributed by atoms with Crippen LogP contribution < -0.4 is 21.3 Å². The van der Waals surface area contributed by atoms with Crippen LogP contribution in [0.15, 0.2) is 102 Å². The molecule has 0 heterocycles. The van der Waals surface area contributed by atoms with Crippen LogP contribution in [-0.2, 0) is 0 Å². The number of hydrogen-bond acceptors (Lipinski definition) is 7. The number of benzene rings is 6. The Labute approximate surface area is 267 Å². The number of allylic oxidation sites excluding steroid dienone is 3. The molecular weight excluding hydrogens is 568 g/mol. The van der Waals surface area contributed by atoms with Crippen molar-refractivity contribution < 1.29 is 5.11 Å². The smallest absolute Gasteiger partial charge is 0.134 e. The van der Waals surface area contributed by atoms with Crippen LogP contribution in [0.2, 0.25) is 0 Å². The lowest BCUT2D eigenvalue weighted by Crippen LogP contribution is -2.24. The molecule has 7 heteroatoms. The van der Waals surface area contributed by atoms with Gasteiger partial charge in [0.15, 0.2) is 0 Å². The lowest BCUT2D eigenvalue weighted by atomic mass is 9.67. The van der Waals surface area contributed by atoms with Crippen LogP contribution >= 0.6 is 0 Å². The molecule has 224 valence electrons. The molecule has 0 saturated heterocycles. The highest BCUT2D eigenvalue weighted by atomic mass is 16.3. The van der Waals surface area contributed by atoms with Crippen molar-refractivity contribution in [3.63, 3.8) is 0 Å². The number of aliphatic hydroxyl groups is 1. The van der Waals surface area contributed by atoms with Crippen LogP contribution in [0.3, 0.4) is 0 Å². The van der Waals surface area contributed by atoms with E-state index in [-0.39, 0.29) is 11.3 Å². The zero-order chi connectivity index (χ0) is 32.4. The molecule has 1 aliphatic carbocycles. The van der Waals surface area contributed by atoms with Gasteiger partial charge in [0, 0.05) is 78.4 Å². The summed E-state index contributed by atoms with van der Waals surface area (Å²) in [5, 5.41) is 40.4. The topological polar surface area (TPSA) is 126 Å². The Kier molecular flexibility index (Phi) is 6.51. The fraction of sp³-hybridized carbons (Fsp3) is 0.128. The van der Waals surface area contributed by atoms with Crippen LogP contribution in [-0.4, -0.2) is 33.3 Å². The highest BCUT2D eigenvalue weighted by molar-refractivity contribution is 6.16. The average Bonchev–Trinajstić information content (AvgIpc) is 3.05. The maximum absolute atomic E-state index is 12.1. The number of hydrogen-bond donors (Lipinski definition) is 3. The average molecular weight is 601 g/mol. The molecule has 1 unspecified atom stereocenters. The predicted octanol–water partition coefficient (Wildman–Crippen LogP) is 8.01. The van der Waals surface area contributed by atoms with Crippen molar-refractivity contribution in [3.8, 4) is 12.1 Å². The first-order chi connectivity index (χ1) is 22.1. The van der Waals surface area contributed by atoms with Gasteiger partial charge in [0.25, 0.3) is 0 Å². The quantitative estimate of drug-likeness (QED) is 0.106. The summed E-state index contributed by atoms with van der Waals surface area (Å²) >= 11 is 0. The van der Waals surface area contributed by atoms with E-state index in [0.29, 0.717) is 33.6 Å². The molecule has 0 fully saturated rings. The van der Waals surface area contributed by atoms with Gasteiger partial charge in [0.2, 0.25) is 0 Å². The number of nitrogen functional groups attached to an aromatic ring is 2. The van der Waals surface area contributed by atoms with E-state index in [9.17, 15) is 15.6 Å². The molecule has 0 radical (unpaired) electrons. The summed E-state index contributed by atoms with van der Waals surface area (Å²) < 4.78 is 0. The van der Waals surface area contributed by atoms with E-state index >= 15 is 0 Å². The second-order valence-electron chi connectivity index (χ2n) is 12.2. The van der Waals surface area contributed by atoms with Crippen LogP contribution in [0.1, 0.15) is 17.0 Å². The summed E-state index contributed by atoms with van der Waals surface area (Å²) in [5.74, 6) is -0.775. The van der Waals surface area contributed by atoms with Gasteiger partial charge in [-0.3, -0.25) is 0 Å². The molecule has 6 aromatic carbocycles. The summed E-state index contributed by atoms with van der Waals surface area (Å²) in [6, 6.07) is 32.5. The van der Waals surface area contributed by atoms with Gasteiger partial charge in [-0.05, 0) is 74.3 Å². The van der Waals surface area contributed by atoms with Crippen molar-refractivity contribution in [1.29, 1.82) is 10.5 Å². The number of nitriles is 2. The van der Waals surface area contributed by atoms with Crippen molar-refractivity contribution in [2.45, 2.75) is 5.92 Å². The Morgan fingerprint density at radius 1 is 0.652 bits per heavy atom. The molecule has 0 spiro atoms. The summed E-state index contributed by atoms with van der Waals surface area (Å²) in [7, 11) is 7.85. The molecule has 0 aromatic heterocycles. The number of anilines is 4. The van der Waals surface area contributed by atoms with Gasteiger partial charge in [0.05, 0.1) is 5.92 Å². The fourth-order valence-electron chi connectivity index (χ4n) is 7.03. The predicted molar refractivity (Wildman–Crippen MR) is 191 cm³/mol. The molecule has 46 heavy (non-hydrogen) atoms. The standard InChI is InChI=1S/C39H32N6O/c1-44(2)32-17-30(42)35(28-15-23-11-7-5-9-21(23)13-26(28)32)37-34(25(19-40)20-41)38(39(37)46)36-29-16-24-12-8-6-10-22(24)14-27(29)33(45(3)4)18-31(36)43/h5-18,37,46H,42-43H2,1-4H3. The van der Waals surface area contributed by atoms with Crippen molar-refractivity contribution in [1.82, 2.24) is 0 Å². The van der Waals surface area contributed by atoms with E-state index in [1.54, 1.807) is 0 Å². The molecule has 7 rings (SSSR count). The summed E-state index contributed by atoms with van der Waals surface area (Å²) in [5.41, 5.74) is 18.4. The summed E-state index contributed by atoms with van der Waals surface area (Å²) in [6.07, 6.45) is 0. The van der Waals surface area contributed by atoms with Crippen LogP contribution in [0.5, 0.6) is 0 Å². The van der Waals surface area contributed by atoms with Gasteiger partial charge in [-0.25, -0.2) is 0 Å². The highest BCUT2D eigenvalue weighted by Crippen LogP contribution is 2.58. The largest absolute Gasteiger partial charge is 0.511 e. The van der Waals surface area contributed by atoms with Crippen molar-refractivity contribution in [2.75, 3.05) is 49.5 Å². The van der Waals surface area contributed by atoms with Crippen molar-refractivity contribution >= 4 is 71.4 Å². The molecule has 1 aliphatic rings.